The van der Waals surface area contributed by atoms with Gasteiger partial charge >= 0.3 is 6.18 Å². The molecule has 150 valence electrons. The highest BCUT2D eigenvalue weighted by atomic mass is 32.1. The van der Waals surface area contributed by atoms with Crippen molar-refractivity contribution in [3.63, 3.8) is 0 Å². The van der Waals surface area contributed by atoms with E-state index >= 15 is 0 Å². The number of hydrogen-bond donors (Lipinski definition) is 2. The highest BCUT2D eigenvalue weighted by molar-refractivity contribution is 7.10. The molecule has 2 heterocycles. The van der Waals surface area contributed by atoms with Gasteiger partial charge in [-0.15, -0.1) is 11.3 Å². The molecule has 4 nitrogen and oxygen atoms in total. The number of benzene rings is 1. The van der Waals surface area contributed by atoms with Gasteiger partial charge in [0.1, 0.15) is 17.4 Å². The summed E-state index contributed by atoms with van der Waals surface area (Å²) in [5.41, 5.74) is 1.02. The lowest BCUT2D eigenvalue weighted by atomic mass is 10.0. The zero-order chi connectivity index (χ0) is 20.0. The number of ether oxygens (including phenoxy) is 1. The Morgan fingerprint density at radius 1 is 1.29 bits per heavy atom. The molecule has 0 unspecified atom stereocenters. The Kier molecular flexibility index (Phi) is 6.88. The minimum absolute atomic E-state index is 0.307. The molecule has 2 N–H and O–H groups in total. The number of nitrogens with zero attached hydrogens (tertiary/aromatic N) is 1. The van der Waals surface area contributed by atoms with Crippen LogP contribution in [0.4, 0.5) is 13.2 Å². The molecular formula is C20H22F3N3OS. The Hall–Kier alpha value is -2.16. The number of halogens is 3. The first-order valence-electron chi connectivity index (χ1n) is 8.94. The van der Waals surface area contributed by atoms with Crippen LogP contribution < -0.4 is 15.4 Å². The van der Waals surface area contributed by atoms with Gasteiger partial charge in [-0.2, -0.15) is 13.2 Å². The maximum Gasteiger partial charge on any atom is 0.434 e. The number of hydrogen-bond acceptors (Lipinski definition) is 5. The smallest absolute Gasteiger partial charge is 0.434 e. The third-order valence-electron chi connectivity index (χ3n) is 4.22. The lowest BCUT2D eigenvalue weighted by Gasteiger charge is -2.27. The Bertz CT molecular complexity index is 828. The van der Waals surface area contributed by atoms with Gasteiger partial charge in [-0.05, 0) is 35.3 Å². The molecule has 1 fully saturated rings. The lowest BCUT2D eigenvalue weighted by Crippen LogP contribution is -2.47. The molecule has 0 aliphatic carbocycles. The summed E-state index contributed by atoms with van der Waals surface area (Å²) in [6.07, 6.45) is 0.580. The molecule has 1 aliphatic heterocycles. The van der Waals surface area contributed by atoms with Crippen LogP contribution in [-0.4, -0.2) is 31.2 Å². The predicted octanol–water partition coefficient (Wildman–Crippen LogP) is 4.21. The van der Waals surface area contributed by atoms with Crippen LogP contribution in [-0.2, 0) is 12.7 Å². The molecule has 0 atom stereocenters. The number of aromatic nitrogens is 1. The lowest BCUT2D eigenvalue weighted by molar-refractivity contribution is -0.140. The van der Waals surface area contributed by atoms with Gasteiger partial charge in [-0.1, -0.05) is 24.8 Å². The van der Waals surface area contributed by atoms with E-state index in [1.54, 1.807) is 18.2 Å². The Labute approximate surface area is 166 Å². The van der Waals surface area contributed by atoms with Crippen LogP contribution >= 0.6 is 11.3 Å². The average molecular weight is 409 g/mol. The third kappa shape index (κ3) is 5.92. The van der Waals surface area contributed by atoms with Crippen molar-refractivity contribution in [1.82, 2.24) is 15.6 Å². The van der Waals surface area contributed by atoms with E-state index in [1.807, 2.05) is 18.2 Å². The van der Waals surface area contributed by atoms with Crippen molar-refractivity contribution in [2.45, 2.75) is 12.7 Å². The van der Waals surface area contributed by atoms with Crippen LogP contribution in [0.5, 0.6) is 5.75 Å². The second-order valence-electron chi connectivity index (χ2n) is 6.57. The van der Waals surface area contributed by atoms with Gasteiger partial charge < -0.3 is 15.4 Å². The maximum atomic E-state index is 12.7. The van der Waals surface area contributed by atoms with Gasteiger partial charge in [0, 0.05) is 31.6 Å². The molecule has 1 aliphatic rings. The van der Waals surface area contributed by atoms with Crippen LogP contribution in [0.3, 0.4) is 0 Å². The van der Waals surface area contributed by atoms with Crippen LogP contribution in [0.2, 0.25) is 0 Å². The first-order valence-corrected chi connectivity index (χ1v) is 9.82. The first kappa shape index (κ1) is 20.6. The van der Waals surface area contributed by atoms with Crippen LogP contribution in [0.25, 0.3) is 12.2 Å². The second kappa shape index (κ2) is 9.36. The van der Waals surface area contributed by atoms with Crippen molar-refractivity contribution < 1.29 is 17.9 Å². The summed E-state index contributed by atoms with van der Waals surface area (Å²) < 4.78 is 43.7. The molecule has 1 aromatic heterocycles. The number of thiazole rings is 1. The third-order valence-corrected chi connectivity index (χ3v) is 5.03. The zero-order valence-corrected chi connectivity index (χ0v) is 16.1. The average Bonchev–Trinajstić information content (AvgIpc) is 3.10. The fraction of sp³-hybridized carbons (Fsp3) is 0.350. The summed E-state index contributed by atoms with van der Waals surface area (Å²) in [5.74, 6) is 1.35. The summed E-state index contributed by atoms with van der Waals surface area (Å²) >= 11 is 0.963. The highest BCUT2D eigenvalue weighted by Gasteiger charge is 2.33. The number of nitrogens with one attached hydrogen (secondary N) is 2. The van der Waals surface area contributed by atoms with Crippen LogP contribution in [0.15, 0.2) is 36.2 Å². The van der Waals surface area contributed by atoms with Gasteiger partial charge in [-0.25, -0.2) is 4.98 Å². The molecule has 1 aromatic carbocycles. The SMILES string of the molecule is C=CCOc1cc(/C=C/c2nc(C(F)(F)F)cs2)cc(CNCC2CNC2)c1. The van der Waals surface area contributed by atoms with Gasteiger partial charge in [0.2, 0.25) is 0 Å². The number of rotatable bonds is 9. The predicted molar refractivity (Wildman–Crippen MR) is 106 cm³/mol. The van der Waals surface area contributed by atoms with Gasteiger partial charge in [-0.3, -0.25) is 0 Å². The molecule has 0 bridgehead atoms. The fourth-order valence-electron chi connectivity index (χ4n) is 2.70. The van der Waals surface area contributed by atoms with Crippen LogP contribution in [0, 0.1) is 5.92 Å². The monoisotopic (exact) mass is 409 g/mol. The molecule has 1 saturated heterocycles. The Morgan fingerprint density at radius 3 is 2.75 bits per heavy atom. The fourth-order valence-corrected chi connectivity index (χ4v) is 3.41. The summed E-state index contributed by atoms with van der Waals surface area (Å²) in [5, 5.41) is 8.00. The summed E-state index contributed by atoms with van der Waals surface area (Å²) in [6, 6.07) is 5.79. The summed E-state index contributed by atoms with van der Waals surface area (Å²) in [6.45, 7) is 7.74. The molecule has 0 radical (unpaired) electrons. The van der Waals surface area contributed by atoms with E-state index in [1.165, 1.54) is 0 Å². The molecule has 3 rings (SSSR count). The standard InChI is InChI=1S/C20H22F3N3OS/c1-2-5-27-17-7-14(3-4-19-26-18(13-28-19)20(21,22)23)6-15(8-17)9-24-10-16-11-25-12-16/h2-4,6-8,13,16,24-25H,1,5,9-12H2/b4-3+. The molecule has 8 heteroatoms. The molecule has 0 amide bonds. The maximum absolute atomic E-state index is 12.7. The summed E-state index contributed by atoms with van der Waals surface area (Å²) in [4.78, 5) is 3.62. The summed E-state index contributed by atoms with van der Waals surface area (Å²) in [7, 11) is 0. The normalized spacial score (nSPS) is 15.0. The Balaban J connectivity index is 1.70. The molecule has 0 spiro atoms. The van der Waals surface area contributed by atoms with Crippen molar-refractivity contribution in [1.29, 1.82) is 0 Å². The largest absolute Gasteiger partial charge is 0.490 e. The zero-order valence-electron chi connectivity index (χ0n) is 15.3. The van der Waals surface area contributed by atoms with Crippen molar-refractivity contribution in [2.75, 3.05) is 26.2 Å². The Morgan fingerprint density at radius 2 is 2.11 bits per heavy atom. The van der Waals surface area contributed by atoms with Gasteiger partial charge in [0.25, 0.3) is 0 Å². The minimum Gasteiger partial charge on any atom is -0.490 e. The van der Waals surface area contributed by atoms with Crippen molar-refractivity contribution in [3.8, 4) is 5.75 Å². The van der Waals surface area contributed by atoms with E-state index in [2.05, 4.69) is 22.2 Å². The molecule has 2 aromatic rings. The van der Waals surface area contributed by atoms with Crippen LogP contribution in [0.1, 0.15) is 21.8 Å². The molecule has 0 saturated carbocycles. The molecular weight excluding hydrogens is 387 g/mol. The first-order chi connectivity index (χ1) is 13.4. The van der Waals surface area contributed by atoms with Gasteiger partial charge in [0.15, 0.2) is 5.69 Å². The van der Waals surface area contributed by atoms with E-state index in [9.17, 15) is 13.2 Å². The van der Waals surface area contributed by atoms with E-state index < -0.39 is 11.9 Å². The topological polar surface area (TPSA) is 46.2 Å². The van der Waals surface area contributed by atoms with Crippen molar-refractivity contribution in [2.24, 2.45) is 5.92 Å². The quantitative estimate of drug-likeness (QED) is 0.609. The highest BCUT2D eigenvalue weighted by Crippen LogP contribution is 2.30. The van der Waals surface area contributed by atoms with Crippen molar-refractivity contribution >= 4 is 23.5 Å². The molecule has 28 heavy (non-hydrogen) atoms. The van der Waals surface area contributed by atoms with Crippen molar-refractivity contribution in [3.05, 3.63) is 58.1 Å². The second-order valence-corrected chi connectivity index (χ2v) is 7.46. The van der Waals surface area contributed by atoms with E-state index in [0.717, 1.165) is 47.5 Å². The number of alkyl halides is 3. The minimum atomic E-state index is -4.42. The van der Waals surface area contributed by atoms with E-state index in [4.69, 9.17) is 4.74 Å². The van der Waals surface area contributed by atoms with E-state index in [-0.39, 0.29) is 0 Å². The van der Waals surface area contributed by atoms with E-state index in [0.29, 0.717) is 29.8 Å². The van der Waals surface area contributed by atoms with Gasteiger partial charge in [0.05, 0.1) is 0 Å².